The highest BCUT2D eigenvalue weighted by atomic mass is 15.0. The van der Waals surface area contributed by atoms with Crippen molar-refractivity contribution in [2.24, 2.45) is 0 Å². The van der Waals surface area contributed by atoms with E-state index in [2.05, 4.69) is 191 Å². The summed E-state index contributed by atoms with van der Waals surface area (Å²) >= 11 is 0. The molecule has 0 fully saturated rings. The molecule has 12 rings (SSSR count). The maximum absolute atomic E-state index is 2.52. The summed E-state index contributed by atoms with van der Waals surface area (Å²) in [6, 6.07) is 67.2. The van der Waals surface area contributed by atoms with E-state index < -0.39 is 0 Å². The highest BCUT2D eigenvalue weighted by molar-refractivity contribution is 6.41. The summed E-state index contributed by atoms with van der Waals surface area (Å²) < 4.78 is 4.99. The Kier molecular flexibility index (Phi) is 5.53. The monoisotopic (exact) mass is 658 g/mol. The van der Waals surface area contributed by atoms with Gasteiger partial charge in [-0.2, -0.15) is 0 Å². The number of fused-ring (bicyclic) bond motifs is 10. The molecule has 12 aromatic rings. The molecule has 0 aliphatic heterocycles. The van der Waals surface area contributed by atoms with Crippen LogP contribution in [-0.4, -0.2) is 9.13 Å². The van der Waals surface area contributed by atoms with Gasteiger partial charge in [0.05, 0.1) is 22.1 Å². The third kappa shape index (κ3) is 3.68. The van der Waals surface area contributed by atoms with E-state index in [1.165, 1.54) is 104 Å². The molecule has 0 aliphatic carbocycles. The van der Waals surface area contributed by atoms with Crippen LogP contribution in [0.4, 0.5) is 0 Å². The van der Waals surface area contributed by atoms with Gasteiger partial charge >= 0.3 is 0 Å². The molecule has 2 nitrogen and oxygen atoms in total. The van der Waals surface area contributed by atoms with Gasteiger partial charge in [0.25, 0.3) is 0 Å². The smallest absolute Gasteiger partial charge is 0.0568 e. The fourth-order valence-electron chi connectivity index (χ4n) is 9.21. The first kappa shape index (κ1) is 27.9. The van der Waals surface area contributed by atoms with Crippen molar-refractivity contribution in [3.63, 3.8) is 0 Å². The lowest BCUT2D eigenvalue weighted by atomic mass is 9.92. The standard InChI is InChI=1S/C50H30N2/c1-2-11-31(12-3-1)32-23-26-35(27-24-32)51-43-19-9-8-17-41(43)48-45(51)30-46-50-47-39(38-15-6-7-16-40(38)49(48)50)18-10-20-44(47)52(46)36-28-25-34-22-21-33-13-4-5-14-37(33)42(34)29-36/h1-30H. The van der Waals surface area contributed by atoms with Gasteiger partial charge in [-0.05, 0) is 91.3 Å². The first-order chi connectivity index (χ1) is 25.8. The van der Waals surface area contributed by atoms with Gasteiger partial charge in [-0.3, -0.25) is 0 Å². The number of nitrogens with zero attached hydrogens (tertiary/aromatic N) is 2. The molecule has 0 aliphatic rings. The largest absolute Gasteiger partial charge is 0.309 e. The van der Waals surface area contributed by atoms with Crippen LogP contribution in [0.25, 0.3) is 109 Å². The molecule has 0 saturated heterocycles. The molecule has 10 aromatic carbocycles. The predicted octanol–water partition coefficient (Wildman–Crippen LogP) is 13.6. The minimum absolute atomic E-state index is 1.15. The van der Waals surface area contributed by atoms with Crippen molar-refractivity contribution in [2.45, 2.75) is 0 Å². The van der Waals surface area contributed by atoms with Gasteiger partial charge < -0.3 is 9.13 Å². The summed E-state index contributed by atoms with van der Waals surface area (Å²) in [5.74, 6) is 0. The van der Waals surface area contributed by atoms with Crippen molar-refractivity contribution in [2.75, 3.05) is 0 Å². The third-order valence-electron chi connectivity index (χ3n) is 11.4. The van der Waals surface area contributed by atoms with Gasteiger partial charge in [-0.1, -0.05) is 140 Å². The van der Waals surface area contributed by atoms with Crippen molar-refractivity contribution < 1.29 is 0 Å². The predicted molar refractivity (Wildman–Crippen MR) is 222 cm³/mol. The van der Waals surface area contributed by atoms with Crippen molar-refractivity contribution >= 4 is 86.7 Å². The van der Waals surface area contributed by atoms with Gasteiger partial charge in [0.1, 0.15) is 0 Å². The van der Waals surface area contributed by atoms with Crippen LogP contribution in [0.15, 0.2) is 182 Å². The summed E-state index contributed by atoms with van der Waals surface area (Å²) in [5, 5.41) is 15.5. The molecular formula is C50H30N2. The Morgan fingerprint density at radius 3 is 1.63 bits per heavy atom. The molecule has 0 radical (unpaired) electrons. The molecule has 0 atom stereocenters. The van der Waals surface area contributed by atoms with E-state index in [0.29, 0.717) is 0 Å². The second-order valence-corrected chi connectivity index (χ2v) is 14.1. The minimum Gasteiger partial charge on any atom is -0.309 e. The van der Waals surface area contributed by atoms with Crippen LogP contribution in [0, 0.1) is 0 Å². The normalized spacial score (nSPS) is 12.2. The fourth-order valence-corrected chi connectivity index (χ4v) is 9.21. The molecule has 2 aromatic heterocycles. The lowest BCUT2D eigenvalue weighted by Crippen LogP contribution is -1.96. The zero-order chi connectivity index (χ0) is 33.9. The zero-order valence-corrected chi connectivity index (χ0v) is 28.2. The molecule has 52 heavy (non-hydrogen) atoms. The molecule has 0 N–H and O–H groups in total. The highest BCUT2D eigenvalue weighted by Gasteiger charge is 2.25. The Hall–Kier alpha value is -6.90. The lowest BCUT2D eigenvalue weighted by Gasteiger charge is -2.13. The first-order valence-corrected chi connectivity index (χ1v) is 18.0. The first-order valence-electron chi connectivity index (χ1n) is 18.0. The fraction of sp³-hybridized carbons (Fsp3) is 0. The SMILES string of the molecule is c1ccc(-c2ccc(-n3c4ccccc4c4c5c6ccccc6c6cccc7c6c5c(cc43)n7-c3ccc4ccc5ccccc5c4c3)cc2)cc1. The van der Waals surface area contributed by atoms with Crippen molar-refractivity contribution in [1.82, 2.24) is 9.13 Å². The maximum atomic E-state index is 2.52. The molecule has 0 spiro atoms. The number of rotatable bonds is 3. The zero-order valence-electron chi connectivity index (χ0n) is 28.2. The van der Waals surface area contributed by atoms with E-state index in [-0.39, 0.29) is 0 Å². The Labute approximate surface area is 299 Å². The Balaban J connectivity index is 1.26. The lowest BCUT2D eigenvalue weighted by molar-refractivity contribution is 1.17. The number of aromatic nitrogens is 2. The average Bonchev–Trinajstić information content (AvgIpc) is 3.73. The summed E-state index contributed by atoms with van der Waals surface area (Å²) in [6.45, 7) is 0. The molecular weight excluding hydrogens is 629 g/mol. The van der Waals surface area contributed by atoms with E-state index >= 15 is 0 Å². The van der Waals surface area contributed by atoms with E-state index in [9.17, 15) is 0 Å². The van der Waals surface area contributed by atoms with Gasteiger partial charge in [0.15, 0.2) is 0 Å². The average molecular weight is 659 g/mol. The second kappa shape index (κ2) is 10.3. The topological polar surface area (TPSA) is 9.86 Å². The Morgan fingerprint density at radius 2 is 0.788 bits per heavy atom. The summed E-state index contributed by atoms with van der Waals surface area (Å²) in [7, 11) is 0. The second-order valence-electron chi connectivity index (χ2n) is 14.1. The molecule has 2 heteroatoms. The van der Waals surface area contributed by atoms with E-state index in [1.54, 1.807) is 0 Å². The van der Waals surface area contributed by atoms with Gasteiger partial charge in [0.2, 0.25) is 0 Å². The van der Waals surface area contributed by atoms with E-state index in [1.807, 2.05) is 0 Å². The van der Waals surface area contributed by atoms with Crippen molar-refractivity contribution in [3.05, 3.63) is 182 Å². The van der Waals surface area contributed by atoms with Crippen LogP contribution in [-0.2, 0) is 0 Å². The van der Waals surface area contributed by atoms with Crippen LogP contribution < -0.4 is 0 Å². The molecule has 0 bridgehead atoms. The molecule has 0 saturated carbocycles. The van der Waals surface area contributed by atoms with Crippen LogP contribution in [0.5, 0.6) is 0 Å². The van der Waals surface area contributed by atoms with Gasteiger partial charge in [0, 0.05) is 38.3 Å². The number of hydrogen-bond donors (Lipinski definition) is 0. The van der Waals surface area contributed by atoms with Gasteiger partial charge in [-0.25, -0.2) is 0 Å². The molecule has 0 unspecified atom stereocenters. The van der Waals surface area contributed by atoms with Crippen molar-refractivity contribution in [3.8, 4) is 22.5 Å². The third-order valence-corrected chi connectivity index (χ3v) is 11.4. The van der Waals surface area contributed by atoms with Crippen LogP contribution in [0.2, 0.25) is 0 Å². The van der Waals surface area contributed by atoms with Crippen LogP contribution >= 0.6 is 0 Å². The minimum atomic E-state index is 1.15. The number of benzene rings is 10. The van der Waals surface area contributed by atoms with Crippen LogP contribution in [0.3, 0.4) is 0 Å². The van der Waals surface area contributed by atoms with E-state index in [0.717, 1.165) is 5.69 Å². The summed E-state index contributed by atoms with van der Waals surface area (Å²) in [6.07, 6.45) is 0. The van der Waals surface area contributed by atoms with Crippen molar-refractivity contribution in [1.29, 1.82) is 0 Å². The quantitative estimate of drug-likeness (QED) is 0.167. The van der Waals surface area contributed by atoms with Crippen LogP contribution in [0.1, 0.15) is 0 Å². The van der Waals surface area contributed by atoms with Gasteiger partial charge in [-0.15, -0.1) is 0 Å². The summed E-state index contributed by atoms with van der Waals surface area (Å²) in [5.41, 5.74) is 9.65. The van der Waals surface area contributed by atoms with E-state index in [4.69, 9.17) is 0 Å². The maximum Gasteiger partial charge on any atom is 0.0568 e. The number of hydrogen-bond acceptors (Lipinski definition) is 0. The Bertz CT molecular complexity index is 3380. The Morgan fingerprint density at radius 1 is 0.250 bits per heavy atom. The molecule has 0 amide bonds. The molecule has 240 valence electrons. The number of para-hydroxylation sites is 1. The highest BCUT2D eigenvalue weighted by Crippen LogP contribution is 2.49. The summed E-state index contributed by atoms with van der Waals surface area (Å²) in [4.78, 5) is 0. The molecule has 2 heterocycles.